The average molecular weight is 567 g/mol. The average Bonchev–Trinajstić information content (AvgIpc) is 3.60. The molecule has 0 N–H and O–H groups in total. The summed E-state index contributed by atoms with van der Waals surface area (Å²) in [4.78, 5) is 4.36. The van der Waals surface area contributed by atoms with Crippen LogP contribution in [0.15, 0.2) is 93.1 Å². The van der Waals surface area contributed by atoms with E-state index in [4.69, 9.17) is 0 Å². The van der Waals surface area contributed by atoms with Crippen LogP contribution in [0, 0.1) is 13.8 Å². The van der Waals surface area contributed by atoms with Gasteiger partial charge in [-0.3, -0.25) is 4.90 Å². The molecule has 1 atom stereocenters. The Kier molecular flexibility index (Phi) is 7.91. The lowest BCUT2D eigenvalue weighted by Crippen LogP contribution is -2.42. The Morgan fingerprint density at radius 2 is 1.31 bits per heavy atom. The summed E-state index contributed by atoms with van der Waals surface area (Å²) in [6, 6.07) is 22.8. The third-order valence-corrected chi connectivity index (χ3v) is 10.5. The Morgan fingerprint density at radius 1 is 0.744 bits per heavy atom. The highest BCUT2D eigenvalue weighted by Crippen LogP contribution is 2.36. The zero-order valence-electron chi connectivity index (χ0n) is 22.3. The zero-order chi connectivity index (χ0) is 27.6. The molecule has 0 spiro atoms. The van der Waals surface area contributed by atoms with Crippen LogP contribution in [0.3, 0.4) is 0 Å². The summed E-state index contributed by atoms with van der Waals surface area (Å²) < 4.78 is 60.7. The monoisotopic (exact) mass is 566 g/mol. The number of hydrogen-bond acceptors (Lipinski definition) is 5. The first-order chi connectivity index (χ1) is 18.6. The van der Waals surface area contributed by atoms with Crippen molar-refractivity contribution in [2.45, 2.75) is 42.6 Å². The number of sulfonamides is 2. The van der Waals surface area contributed by atoms with Gasteiger partial charge in [0.2, 0.25) is 10.0 Å². The molecule has 0 aromatic heterocycles. The number of rotatable bonds is 7. The number of hydrogen-bond donors (Lipinski definition) is 0. The summed E-state index contributed by atoms with van der Waals surface area (Å²) in [7, 11) is -7.89. The van der Waals surface area contributed by atoms with E-state index >= 15 is 0 Å². The molecule has 3 aromatic rings. The van der Waals surface area contributed by atoms with Crippen LogP contribution in [0.25, 0.3) is 0 Å². The van der Waals surface area contributed by atoms with E-state index in [0.29, 0.717) is 18.9 Å². The van der Waals surface area contributed by atoms with Crippen molar-refractivity contribution in [3.63, 3.8) is 0 Å². The summed E-state index contributed by atoms with van der Waals surface area (Å²) in [5, 5.41) is 0. The molecule has 206 valence electrons. The molecule has 0 radical (unpaired) electrons. The molecular formula is C29H34N4O4S2. The highest BCUT2D eigenvalue weighted by atomic mass is 32.2. The van der Waals surface area contributed by atoms with Gasteiger partial charge in [-0.2, -0.15) is 12.7 Å². The van der Waals surface area contributed by atoms with E-state index in [1.54, 1.807) is 48.5 Å². The van der Waals surface area contributed by atoms with Crippen molar-refractivity contribution in [3.05, 3.63) is 95.6 Å². The predicted molar refractivity (Wildman–Crippen MR) is 152 cm³/mol. The summed E-state index contributed by atoms with van der Waals surface area (Å²) >= 11 is 0. The molecular weight excluding hydrogens is 532 g/mol. The third-order valence-electron chi connectivity index (χ3n) is 7.29. The second-order valence-electron chi connectivity index (χ2n) is 10.2. The smallest absolute Gasteiger partial charge is 0.283 e. The molecule has 2 aliphatic rings. The van der Waals surface area contributed by atoms with E-state index in [-0.39, 0.29) is 16.3 Å². The standard InChI is InChI=1S/C29H34N4O4S2/c1-23-10-14-26(15-11-23)38(34,35)30-28(22-31-18-6-7-19-31)32-20-21-33(29(32)25-8-4-3-5-9-25)39(36,37)27-16-12-24(2)13-17-27/h3-5,8-17,29H,6-7,18-22H2,1-2H3. The van der Waals surface area contributed by atoms with Gasteiger partial charge in [-0.05, 0) is 69.6 Å². The van der Waals surface area contributed by atoms with E-state index < -0.39 is 26.2 Å². The summed E-state index contributed by atoms with van der Waals surface area (Å²) in [5.41, 5.74) is 2.68. The minimum Gasteiger partial charge on any atom is -0.336 e. The molecule has 0 bridgehead atoms. The largest absolute Gasteiger partial charge is 0.336 e. The van der Waals surface area contributed by atoms with E-state index in [1.807, 2.05) is 49.1 Å². The van der Waals surface area contributed by atoms with Gasteiger partial charge in [-0.1, -0.05) is 65.7 Å². The van der Waals surface area contributed by atoms with Crippen molar-refractivity contribution < 1.29 is 16.8 Å². The van der Waals surface area contributed by atoms with Crippen LogP contribution < -0.4 is 0 Å². The maximum atomic E-state index is 13.9. The van der Waals surface area contributed by atoms with Gasteiger partial charge >= 0.3 is 0 Å². The Morgan fingerprint density at radius 3 is 1.90 bits per heavy atom. The van der Waals surface area contributed by atoms with Crippen LogP contribution in [0.5, 0.6) is 0 Å². The molecule has 3 aromatic carbocycles. The molecule has 0 aliphatic carbocycles. The molecule has 0 amide bonds. The van der Waals surface area contributed by atoms with Crippen LogP contribution in [0.2, 0.25) is 0 Å². The Bertz CT molecular complexity index is 1530. The van der Waals surface area contributed by atoms with Crippen molar-refractivity contribution in [2.24, 2.45) is 4.40 Å². The normalized spacial score (nSPS) is 19.6. The number of nitrogens with zero attached hydrogens (tertiary/aromatic N) is 4. The van der Waals surface area contributed by atoms with Gasteiger partial charge in [-0.25, -0.2) is 8.42 Å². The molecule has 1 unspecified atom stereocenters. The predicted octanol–water partition coefficient (Wildman–Crippen LogP) is 4.19. The Labute approximate surface area is 231 Å². The molecule has 5 rings (SSSR count). The molecule has 39 heavy (non-hydrogen) atoms. The second kappa shape index (κ2) is 11.2. The van der Waals surface area contributed by atoms with Gasteiger partial charge in [0.1, 0.15) is 12.0 Å². The molecule has 10 heteroatoms. The van der Waals surface area contributed by atoms with E-state index in [0.717, 1.165) is 42.6 Å². The summed E-state index contributed by atoms with van der Waals surface area (Å²) in [5.74, 6) is 0.355. The minimum absolute atomic E-state index is 0.117. The van der Waals surface area contributed by atoms with Crippen molar-refractivity contribution in [2.75, 3.05) is 32.7 Å². The third kappa shape index (κ3) is 5.94. The van der Waals surface area contributed by atoms with E-state index in [2.05, 4.69) is 9.30 Å². The van der Waals surface area contributed by atoms with Crippen LogP contribution in [0.1, 0.15) is 35.7 Å². The van der Waals surface area contributed by atoms with Gasteiger partial charge in [-0.15, -0.1) is 4.40 Å². The van der Waals surface area contributed by atoms with Crippen LogP contribution >= 0.6 is 0 Å². The maximum absolute atomic E-state index is 13.9. The summed E-state index contributed by atoms with van der Waals surface area (Å²) in [6.07, 6.45) is 1.34. The van der Waals surface area contributed by atoms with Crippen molar-refractivity contribution >= 4 is 25.9 Å². The maximum Gasteiger partial charge on any atom is 0.283 e. The zero-order valence-corrected chi connectivity index (χ0v) is 23.9. The van der Waals surface area contributed by atoms with Crippen LogP contribution in [0.4, 0.5) is 0 Å². The SMILES string of the molecule is Cc1ccc(S(=O)(=O)N=C(CN2CCCC2)N2CCN(S(=O)(=O)c3ccc(C)cc3)C2c2ccccc2)cc1. The van der Waals surface area contributed by atoms with Crippen LogP contribution in [-0.4, -0.2) is 69.5 Å². The fraction of sp³-hybridized carbons (Fsp3) is 0.345. The highest BCUT2D eigenvalue weighted by Gasteiger charge is 2.43. The van der Waals surface area contributed by atoms with Crippen molar-refractivity contribution in [1.29, 1.82) is 0 Å². The van der Waals surface area contributed by atoms with Crippen molar-refractivity contribution in [1.82, 2.24) is 14.1 Å². The van der Waals surface area contributed by atoms with Gasteiger partial charge in [0.15, 0.2) is 0 Å². The van der Waals surface area contributed by atoms with E-state index in [1.165, 1.54) is 4.31 Å². The lowest BCUT2D eigenvalue weighted by atomic mass is 10.1. The molecule has 2 fully saturated rings. The first-order valence-corrected chi connectivity index (χ1v) is 16.1. The first kappa shape index (κ1) is 27.5. The molecule has 2 saturated heterocycles. The van der Waals surface area contributed by atoms with Gasteiger partial charge in [0.05, 0.1) is 16.3 Å². The summed E-state index contributed by atoms with van der Waals surface area (Å²) in [6.45, 7) is 6.36. The fourth-order valence-electron chi connectivity index (χ4n) is 5.16. The Hall–Kier alpha value is -3.05. The van der Waals surface area contributed by atoms with Gasteiger partial charge in [0, 0.05) is 13.1 Å². The lowest BCUT2D eigenvalue weighted by Gasteiger charge is -2.33. The second-order valence-corrected chi connectivity index (χ2v) is 13.7. The highest BCUT2D eigenvalue weighted by molar-refractivity contribution is 7.90. The molecule has 8 nitrogen and oxygen atoms in total. The van der Waals surface area contributed by atoms with Gasteiger partial charge < -0.3 is 4.90 Å². The van der Waals surface area contributed by atoms with Crippen LogP contribution in [-0.2, 0) is 20.0 Å². The molecule has 2 aliphatic heterocycles. The lowest BCUT2D eigenvalue weighted by molar-refractivity contribution is 0.271. The molecule has 2 heterocycles. The number of likely N-dealkylation sites (tertiary alicyclic amines) is 1. The molecule has 0 saturated carbocycles. The minimum atomic E-state index is -4.02. The van der Waals surface area contributed by atoms with E-state index in [9.17, 15) is 16.8 Å². The topological polar surface area (TPSA) is 90.4 Å². The number of amidine groups is 1. The number of aryl methyl sites for hydroxylation is 2. The number of benzene rings is 3. The fourth-order valence-corrected chi connectivity index (χ4v) is 7.76. The first-order valence-electron chi connectivity index (χ1n) is 13.2. The van der Waals surface area contributed by atoms with Crippen molar-refractivity contribution in [3.8, 4) is 0 Å². The van der Waals surface area contributed by atoms with Gasteiger partial charge in [0.25, 0.3) is 10.0 Å². The quantitative estimate of drug-likeness (QED) is 0.315. The Balaban J connectivity index is 1.60.